The quantitative estimate of drug-likeness (QED) is 0.219. The summed E-state index contributed by atoms with van der Waals surface area (Å²) in [6, 6.07) is 15.0. The predicted octanol–water partition coefficient (Wildman–Crippen LogP) is 4.57. The maximum atomic E-state index is 12.6. The number of benzene rings is 2. The van der Waals surface area contributed by atoms with Gasteiger partial charge in [0.1, 0.15) is 23.3 Å². The van der Waals surface area contributed by atoms with Crippen LogP contribution in [-0.2, 0) is 9.59 Å². The normalized spacial score (nSPS) is 11.9. The van der Waals surface area contributed by atoms with Crippen LogP contribution in [-0.4, -0.2) is 35.6 Å². The van der Waals surface area contributed by atoms with E-state index in [4.69, 9.17) is 20.8 Å². The predicted molar refractivity (Wildman–Crippen MR) is 135 cm³/mol. The van der Waals surface area contributed by atoms with Crippen molar-refractivity contribution in [3.8, 4) is 17.1 Å². The lowest BCUT2D eigenvalue weighted by Gasteiger charge is -2.19. The van der Waals surface area contributed by atoms with E-state index in [0.29, 0.717) is 34.3 Å². The van der Waals surface area contributed by atoms with E-state index >= 15 is 0 Å². The molecule has 0 saturated heterocycles. The molecular formula is C25H25ClN4O6. The summed E-state index contributed by atoms with van der Waals surface area (Å²) in [4.78, 5) is 35.3. The SMILES string of the molecule is CC(C)C[C@@H](NC(=O)COc1ccc(Cl)cc1)C(=O)N/N=C\c1ccc(-c2ccc([N+](=O)[O-])cc2)o1. The minimum Gasteiger partial charge on any atom is -0.484 e. The van der Waals surface area contributed by atoms with Crippen LogP contribution >= 0.6 is 11.6 Å². The van der Waals surface area contributed by atoms with Crippen molar-refractivity contribution in [1.29, 1.82) is 0 Å². The lowest BCUT2D eigenvalue weighted by Crippen LogP contribution is -2.47. The van der Waals surface area contributed by atoms with Crippen molar-refractivity contribution in [2.24, 2.45) is 11.0 Å². The Kier molecular flexibility index (Phi) is 9.18. The van der Waals surface area contributed by atoms with Gasteiger partial charge in [-0.1, -0.05) is 25.4 Å². The van der Waals surface area contributed by atoms with Crippen molar-refractivity contribution in [3.05, 3.63) is 81.6 Å². The van der Waals surface area contributed by atoms with E-state index < -0.39 is 22.8 Å². The maximum absolute atomic E-state index is 12.6. The first-order valence-corrected chi connectivity index (χ1v) is 11.4. The second kappa shape index (κ2) is 12.5. The molecule has 0 fully saturated rings. The first-order valence-electron chi connectivity index (χ1n) is 11.1. The van der Waals surface area contributed by atoms with Gasteiger partial charge in [-0.15, -0.1) is 0 Å². The lowest BCUT2D eigenvalue weighted by molar-refractivity contribution is -0.384. The fraction of sp³-hybridized carbons (Fsp3) is 0.240. The minimum absolute atomic E-state index is 0.0191. The molecule has 3 aromatic rings. The summed E-state index contributed by atoms with van der Waals surface area (Å²) in [5.74, 6) is 0.537. The Morgan fingerprint density at radius 2 is 1.81 bits per heavy atom. The molecule has 0 aliphatic carbocycles. The molecule has 188 valence electrons. The van der Waals surface area contributed by atoms with Crippen LogP contribution in [0.1, 0.15) is 26.0 Å². The Balaban J connectivity index is 1.55. The third kappa shape index (κ3) is 7.95. The zero-order valence-corrected chi connectivity index (χ0v) is 20.4. The number of amides is 2. The molecule has 1 aromatic heterocycles. The fourth-order valence-corrected chi connectivity index (χ4v) is 3.31. The van der Waals surface area contributed by atoms with Gasteiger partial charge in [0.15, 0.2) is 6.61 Å². The molecule has 0 radical (unpaired) electrons. The molecule has 0 saturated carbocycles. The largest absolute Gasteiger partial charge is 0.484 e. The second-order valence-corrected chi connectivity index (χ2v) is 8.67. The van der Waals surface area contributed by atoms with E-state index in [1.54, 1.807) is 48.5 Å². The highest BCUT2D eigenvalue weighted by Crippen LogP contribution is 2.24. The molecule has 10 nitrogen and oxygen atoms in total. The number of nitrogens with zero attached hydrogens (tertiary/aromatic N) is 2. The fourth-order valence-electron chi connectivity index (χ4n) is 3.18. The summed E-state index contributed by atoms with van der Waals surface area (Å²) >= 11 is 5.83. The molecule has 0 unspecified atom stereocenters. The van der Waals surface area contributed by atoms with Gasteiger partial charge >= 0.3 is 0 Å². The van der Waals surface area contributed by atoms with Crippen molar-refractivity contribution in [3.63, 3.8) is 0 Å². The number of nitro benzene ring substituents is 1. The van der Waals surface area contributed by atoms with E-state index in [-0.39, 0.29) is 18.2 Å². The molecule has 0 bridgehead atoms. The van der Waals surface area contributed by atoms with Crippen LogP contribution in [0.4, 0.5) is 5.69 Å². The highest BCUT2D eigenvalue weighted by molar-refractivity contribution is 6.30. The minimum atomic E-state index is -0.810. The first-order chi connectivity index (χ1) is 17.2. The zero-order valence-electron chi connectivity index (χ0n) is 19.6. The Morgan fingerprint density at radius 3 is 2.44 bits per heavy atom. The molecule has 3 rings (SSSR count). The van der Waals surface area contributed by atoms with Crippen LogP contribution < -0.4 is 15.5 Å². The summed E-state index contributed by atoms with van der Waals surface area (Å²) in [6.45, 7) is 3.61. The molecule has 1 atom stereocenters. The van der Waals surface area contributed by atoms with Gasteiger partial charge in [-0.05, 0) is 60.9 Å². The monoisotopic (exact) mass is 512 g/mol. The molecule has 36 heavy (non-hydrogen) atoms. The van der Waals surface area contributed by atoms with E-state index in [1.807, 2.05) is 13.8 Å². The lowest BCUT2D eigenvalue weighted by atomic mass is 10.0. The molecule has 0 aliphatic rings. The first kappa shape index (κ1) is 26.4. The number of hydrogen-bond acceptors (Lipinski definition) is 7. The van der Waals surface area contributed by atoms with Gasteiger partial charge in [0.2, 0.25) is 0 Å². The smallest absolute Gasteiger partial charge is 0.269 e. The van der Waals surface area contributed by atoms with Gasteiger partial charge in [-0.25, -0.2) is 5.43 Å². The van der Waals surface area contributed by atoms with Gasteiger partial charge in [0.05, 0.1) is 11.1 Å². The molecule has 11 heteroatoms. The van der Waals surface area contributed by atoms with Gasteiger partial charge in [-0.3, -0.25) is 19.7 Å². The van der Waals surface area contributed by atoms with Crippen molar-refractivity contribution in [1.82, 2.24) is 10.7 Å². The molecule has 2 amide bonds. The number of rotatable bonds is 11. The summed E-state index contributed by atoms with van der Waals surface area (Å²) in [7, 11) is 0. The van der Waals surface area contributed by atoms with Crippen LogP contribution in [0.2, 0.25) is 5.02 Å². The number of furan rings is 1. The molecule has 2 N–H and O–H groups in total. The average molecular weight is 513 g/mol. The summed E-state index contributed by atoms with van der Waals surface area (Å²) in [5.41, 5.74) is 3.05. The number of non-ortho nitro benzene ring substituents is 1. The van der Waals surface area contributed by atoms with E-state index in [2.05, 4.69) is 15.8 Å². The second-order valence-electron chi connectivity index (χ2n) is 8.23. The molecular weight excluding hydrogens is 488 g/mol. The van der Waals surface area contributed by atoms with Crippen LogP contribution in [0.25, 0.3) is 11.3 Å². The van der Waals surface area contributed by atoms with Crippen LogP contribution in [0.5, 0.6) is 5.75 Å². The van der Waals surface area contributed by atoms with Crippen molar-refractivity contribution < 1.29 is 23.7 Å². The van der Waals surface area contributed by atoms with E-state index in [9.17, 15) is 19.7 Å². The molecule has 2 aromatic carbocycles. The number of ether oxygens (including phenoxy) is 1. The van der Waals surface area contributed by atoms with Crippen LogP contribution in [0.3, 0.4) is 0 Å². The van der Waals surface area contributed by atoms with E-state index in [0.717, 1.165) is 0 Å². The number of halogens is 1. The van der Waals surface area contributed by atoms with Crippen LogP contribution in [0.15, 0.2) is 70.2 Å². The summed E-state index contributed by atoms with van der Waals surface area (Å²) in [6.07, 6.45) is 1.73. The number of nitrogens with one attached hydrogen (secondary N) is 2. The third-order valence-corrected chi connectivity index (χ3v) is 5.15. The molecule has 1 heterocycles. The highest BCUT2D eigenvalue weighted by atomic mass is 35.5. The third-order valence-electron chi connectivity index (χ3n) is 4.90. The Labute approximate surface area is 212 Å². The number of carbonyl (C=O) groups is 2. The molecule has 0 aliphatic heterocycles. The van der Waals surface area contributed by atoms with Crippen molar-refractivity contribution in [2.75, 3.05) is 6.61 Å². The van der Waals surface area contributed by atoms with Gasteiger partial charge in [0, 0.05) is 22.7 Å². The Morgan fingerprint density at radius 1 is 1.11 bits per heavy atom. The van der Waals surface area contributed by atoms with Crippen LogP contribution in [0, 0.1) is 16.0 Å². The topological polar surface area (TPSA) is 136 Å². The standard InChI is InChI=1S/C25H25ClN4O6/c1-16(2)13-22(28-24(31)15-35-20-9-5-18(26)6-10-20)25(32)29-27-14-21-11-12-23(36-21)17-3-7-19(8-4-17)30(33)34/h3-12,14,16,22H,13,15H2,1-2H3,(H,28,31)(H,29,32)/b27-14-/t22-/m1/s1. The van der Waals surface area contributed by atoms with Gasteiger partial charge < -0.3 is 14.5 Å². The maximum Gasteiger partial charge on any atom is 0.269 e. The average Bonchev–Trinajstić information content (AvgIpc) is 3.32. The zero-order chi connectivity index (χ0) is 26.1. The summed E-state index contributed by atoms with van der Waals surface area (Å²) < 4.78 is 11.1. The highest BCUT2D eigenvalue weighted by Gasteiger charge is 2.22. The number of hydrazone groups is 1. The number of carbonyl (C=O) groups excluding carboxylic acids is 2. The summed E-state index contributed by atoms with van der Waals surface area (Å²) in [5, 5.41) is 17.9. The Hall–Kier alpha value is -4.18. The van der Waals surface area contributed by atoms with Crippen molar-refractivity contribution >= 4 is 35.3 Å². The number of hydrogen-bond donors (Lipinski definition) is 2. The van der Waals surface area contributed by atoms with E-state index in [1.165, 1.54) is 18.3 Å². The van der Waals surface area contributed by atoms with Gasteiger partial charge in [0.25, 0.3) is 17.5 Å². The van der Waals surface area contributed by atoms with Gasteiger partial charge in [-0.2, -0.15) is 5.10 Å². The number of nitro groups is 1. The molecule has 0 spiro atoms. The Bertz CT molecular complexity index is 1220. The van der Waals surface area contributed by atoms with Crippen molar-refractivity contribution in [2.45, 2.75) is 26.3 Å².